The molecule has 4 fully saturated rings. The number of likely N-dealkylation sites (tertiary alicyclic amines) is 1. The molecule has 5 heterocycles. The third-order valence-corrected chi connectivity index (χ3v) is 9.76. The molecule has 0 bridgehead atoms. The van der Waals surface area contributed by atoms with Crippen molar-refractivity contribution in [2.45, 2.75) is 63.3 Å². The SMILES string of the molecule is COC(=O)N1CCC2(CC1)CN(c1ccc(C3NNC4CCC(O[C@H](C)c5c(Cl)cncc5Cl)CC43)cn1)C2. The molecule has 5 atom stereocenters. The van der Waals surface area contributed by atoms with Crippen molar-refractivity contribution in [3.05, 3.63) is 51.9 Å². The van der Waals surface area contributed by atoms with Crippen molar-refractivity contribution in [3.63, 3.8) is 0 Å². The van der Waals surface area contributed by atoms with Crippen molar-refractivity contribution in [1.82, 2.24) is 25.7 Å². The van der Waals surface area contributed by atoms with Gasteiger partial charge in [0.1, 0.15) is 5.82 Å². The fourth-order valence-corrected chi connectivity index (χ4v) is 7.61. The Hall–Kier alpha value is -2.17. The molecule has 11 heteroatoms. The minimum atomic E-state index is -0.219. The van der Waals surface area contributed by atoms with Crippen LogP contribution in [0.4, 0.5) is 10.6 Å². The molecule has 2 N–H and O–H groups in total. The molecule has 1 amide bonds. The van der Waals surface area contributed by atoms with E-state index in [1.54, 1.807) is 12.4 Å². The summed E-state index contributed by atoms with van der Waals surface area (Å²) in [5.41, 5.74) is 9.32. The van der Waals surface area contributed by atoms with Crippen LogP contribution < -0.4 is 15.8 Å². The molecular formula is C28H36Cl2N6O3. The van der Waals surface area contributed by atoms with Crippen molar-refractivity contribution < 1.29 is 14.3 Å². The number of piperidine rings is 1. The van der Waals surface area contributed by atoms with Gasteiger partial charge in [0.2, 0.25) is 0 Å². The van der Waals surface area contributed by atoms with Gasteiger partial charge < -0.3 is 19.3 Å². The van der Waals surface area contributed by atoms with E-state index in [2.05, 4.69) is 32.9 Å². The molecule has 6 rings (SSSR count). The van der Waals surface area contributed by atoms with Crippen LogP contribution in [0.2, 0.25) is 10.0 Å². The molecular weight excluding hydrogens is 539 g/mol. The first-order valence-electron chi connectivity index (χ1n) is 13.8. The Kier molecular flexibility index (Phi) is 7.63. The molecule has 4 aliphatic rings. The first-order valence-corrected chi connectivity index (χ1v) is 14.6. The van der Waals surface area contributed by atoms with E-state index in [4.69, 9.17) is 37.7 Å². The monoisotopic (exact) mass is 574 g/mol. The quantitative estimate of drug-likeness (QED) is 0.520. The smallest absolute Gasteiger partial charge is 0.409 e. The Morgan fingerprint density at radius 1 is 1.10 bits per heavy atom. The lowest BCUT2D eigenvalue weighted by Gasteiger charge is -2.54. The zero-order valence-electron chi connectivity index (χ0n) is 22.4. The standard InChI is InChI=1S/C28H36Cl2N6O3/c1-17(25-21(29)13-31-14-22(25)30)39-19-4-5-23-20(11-19)26(34-33-23)18-3-6-24(32-12-18)36-15-28(16-36)7-9-35(10-8-28)27(37)38-2/h3,6,12-14,17,19-20,23,26,33-34H,4-5,7-11,15-16H2,1-2H3/t17-,19?,20?,23?,26?/m1/s1. The maximum absolute atomic E-state index is 11.8. The molecule has 1 aliphatic carbocycles. The predicted molar refractivity (Wildman–Crippen MR) is 150 cm³/mol. The van der Waals surface area contributed by atoms with Crippen LogP contribution in [-0.4, -0.2) is 66.4 Å². The van der Waals surface area contributed by atoms with Crippen LogP contribution in [0.25, 0.3) is 0 Å². The van der Waals surface area contributed by atoms with Gasteiger partial charge in [-0.25, -0.2) is 15.2 Å². The number of hydrazine groups is 1. The van der Waals surface area contributed by atoms with Gasteiger partial charge in [0, 0.05) is 61.8 Å². The average molecular weight is 576 g/mol. The highest BCUT2D eigenvalue weighted by molar-refractivity contribution is 6.35. The molecule has 3 saturated heterocycles. The number of halogens is 2. The van der Waals surface area contributed by atoms with Crippen LogP contribution >= 0.6 is 23.2 Å². The van der Waals surface area contributed by atoms with Gasteiger partial charge in [0.05, 0.1) is 35.4 Å². The minimum absolute atomic E-state index is 0.126. The van der Waals surface area contributed by atoms with Crippen LogP contribution in [0.1, 0.15) is 62.3 Å². The predicted octanol–water partition coefficient (Wildman–Crippen LogP) is 4.92. The molecule has 1 saturated carbocycles. The molecule has 4 unspecified atom stereocenters. The number of fused-ring (bicyclic) bond motifs is 1. The lowest BCUT2D eigenvalue weighted by atomic mass is 9.72. The third-order valence-electron chi connectivity index (χ3n) is 9.16. The van der Waals surface area contributed by atoms with Gasteiger partial charge >= 0.3 is 6.09 Å². The Balaban J connectivity index is 1.05. The first-order chi connectivity index (χ1) is 18.9. The van der Waals surface area contributed by atoms with Gasteiger partial charge in [0.25, 0.3) is 0 Å². The van der Waals surface area contributed by atoms with Crippen molar-refractivity contribution in [3.8, 4) is 0 Å². The number of ether oxygens (including phenoxy) is 2. The van der Waals surface area contributed by atoms with Gasteiger partial charge in [-0.3, -0.25) is 10.4 Å². The van der Waals surface area contributed by atoms with Crippen LogP contribution in [-0.2, 0) is 9.47 Å². The summed E-state index contributed by atoms with van der Waals surface area (Å²) >= 11 is 12.7. The van der Waals surface area contributed by atoms with Crippen molar-refractivity contribution >= 4 is 35.1 Å². The molecule has 1 spiro atoms. The number of rotatable bonds is 5. The Morgan fingerprint density at radius 2 is 1.85 bits per heavy atom. The summed E-state index contributed by atoms with van der Waals surface area (Å²) in [6.45, 7) is 5.52. The number of methoxy groups -OCH3 is 1. The fourth-order valence-electron chi connectivity index (χ4n) is 6.94. The molecule has 0 radical (unpaired) electrons. The molecule has 3 aliphatic heterocycles. The zero-order valence-corrected chi connectivity index (χ0v) is 23.9. The van der Waals surface area contributed by atoms with Gasteiger partial charge in [-0.1, -0.05) is 29.3 Å². The Bertz CT molecular complexity index is 1160. The number of nitrogens with zero attached hydrogens (tertiary/aromatic N) is 4. The van der Waals surface area contributed by atoms with E-state index in [0.717, 1.165) is 69.7 Å². The first kappa shape index (κ1) is 27.0. The van der Waals surface area contributed by atoms with Gasteiger partial charge in [-0.15, -0.1) is 0 Å². The van der Waals surface area contributed by atoms with Crippen LogP contribution in [0.3, 0.4) is 0 Å². The van der Waals surface area contributed by atoms with Crippen LogP contribution in [0.5, 0.6) is 0 Å². The lowest BCUT2D eigenvalue weighted by molar-refractivity contribution is -0.0370. The van der Waals surface area contributed by atoms with Crippen molar-refractivity contribution in [2.75, 3.05) is 38.2 Å². The summed E-state index contributed by atoms with van der Waals surface area (Å²) in [6, 6.07) is 4.94. The Morgan fingerprint density at radius 3 is 2.51 bits per heavy atom. The van der Waals surface area contributed by atoms with Gasteiger partial charge in [0.15, 0.2) is 0 Å². The normalized spacial score (nSPS) is 28.6. The maximum Gasteiger partial charge on any atom is 0.409 e. The van der Waals surface area contributed by atoms with E-state index in [0.29, 0.717) is 22.0 Å². The number of aromatic nitrogens is 2. The van der Waals surface area contributed by atoms with Gasteiger partial charge in [-0.05, 0) is 56.6 Å². The van der Waals surface area contributed by atoms with Crippen LogP contribution in [0.15, 0.2) is 30.7 Å². The summed E-state index contributed by atoms with van der Waals surface area (Å²) in [5.74, 6) is 1.42. The molecule has 0 aromatic carbocycles. The average Bonchev–Trinajstić information content (AvgIpc) is 3.34. The number of carbonyl (C=O) groups is 1. The van der Waals surface area contributed by atoms with Crippen molar-refractivity contribution in [1.29, 1.82) is 0 Å². The number of nitrogens with one attached hydrogen (secondary N) is 2. The number of pyridine rings is 2. The van der Waals surface area contributed by atoms with Crippen molar-refractivity contribution in [2.24, 2.45) is 11.3 Å². The fraction of sp³-hybridized carbons (Fsp3) is 0.607. The zero-order chi connectivity index (χ0) is 27.1. The highest BCUT2D eigenvalue weighted by atomic mass is 35.5. The molecule has 2 aromatic heterocycles. The van der Waals surface area contributed by atoms with Gasteiger partial charge in [-0.2, -0.15) is 0 Å². The largest absolute Gasteiger partial charge is 0.453 e. The number of hydrogen-bond acceptors (Lipinski definition) is 8. The molecule has 2 aromatic rings. The second-order valence-electron chi connectivity index (χ2n) is 11.5. The highest BCUT2D eigenvalue weighted by Crippen LogP contribution is 2.44. The summed E-state index contributed by atoms with van der Waals surface area (Å²) in [6.07, 6.45) is 9.95. The summed E-state index contributed by atoms with van der Waals surface area (Å²) < 4.78 is 11.4. The van der Waals surface area contributed by atoms with E-state index < -0.39 is 0 Å². The number of hydrogen-bond donors (Lipinski definition) is 2. The second kappa shape index (κ2) is 11.0. The van der Waals surface area contributed by atoms with E-state index in [9.17, 15) is 4.79 Å². The third kappa shape index (κ3) is 5.32. The maximum atomic E-state index is 11.8. The molecule has 210 valence electrons. The summed E-state index contributed by atoms with van der Waals surface area (Å²) in [7, 11) is 1.45. The van der Waals surface area contributed by atoms with E-state index in [1.165, 1.54) is 12.7 Å². The lowest BCUT2D eigenvalue weighted by Crippen LogP contribution is -2.61. The summed E-state index contributed by atoms with van der Waals surface area (Å²) in [4.78, 5) is 24.9. The number of amides is 1. The van der Waals surface area contributed by atoms with Crippen LogP contribution in [0, 0.1) is 11.3 Å². The minimum Gasteiger partial charge on any atom is -0.453 e. The van der Waals surface area contributed by atoms with E-state index >= 15 is 0 Å². The number of carbonyl (C=O) groups excluding carboxylic acids is 1. The molecule has 9 nitrogen and oxygen atoms in total. The Labute approximate surface area is 239 Å². The second-order valence-corrected chi connectivity index (χ2v) is 12.3. The molecule has 39 heavy (non-hydrogen) atoms. The highest BCUT2D eigenvalue weighted by Gasteiger charge is 2.46. The topological polar surface area (TPSA) is 91.9 Å². The van der Waals surface area contributed by atoms with E-state index in [1.807, 2.05) is 18.0 Å². The van der Waals surface area contributed by atoms with E-state index in [-0.39, 0.29) is 29.8 Å². The summed E-state index contributed by atoms with van der Waals surface area (Å²) in [5, 5.41) is 1.08. The number of anilines is 1.